The van der Waals surface area contributed by atoms with Gasteiger partial charge in [-0.05, 0) is 55.6 Å². The summed E-state index contributed by atoms with van der Waals surface area (Å²) < 4.78 is 5.60. The van der Waals surface area contributed by atoms with Crippen molar-refractivity contribution in [1.29, 1.82) is 0 Å². The summed E-state index contributed by atoms with van der Waals surface area (Å²) >= 11 is 0. The van der Waals surface area contributed by atoms with Crippen LogP contribution >= 0.6 is 0 Å². The average Bonchev–Trinajstić information content (AvgIpc) is 2.63. The van der Waals surface area contributed by atoms with Crippen LogP contribution in [-0.2, 0) is 6.54 Å². The molecule has 0 aliphatic carbocycles. The number of hydrogen-bond acceptors (Lipinski definition) is 3. The Kier molecular flexibility index (Phi) is 5.67. The van der Waals surface area contributed by atoms with Crippen LogP contribution in [0.3, 0.4) is 0 Å². The third-order valence-electron chi connectivity index (χ3n) is 4.63. The van der Waals surface area contributed by atoms with E-state index in [-0.39, 0.29) is 0 Å². The quantitative estimate of drug-likeness (QED) is 0.857. The van der Waals surface area contributed by atoms with E-state index in [0.29, 0.717) is 0 Å². The van der Waals surface area contributed by atoms with Crippen LogP contribution < -0.4 is 15.4 Å². The van der Waals surface area contributed by atoms with Crippen LogP contribution in [0.15, 0.2) is 48.5 Å². The van der Waals surface area contributed by atoms with Crippen molar-refractivity contribution in [2.24, 2.45) is 5.92 Å². The highest BCUT2D eigenvalue weighted by Crippen LogP contribution is 2.30. The van der Waals surface area contributed by atoms with Crippen molar-refractivity contribution in [2.45, 2.75) is 19.4 Å². The second-order valence-corrected chi connectivity index (χ2v) is 6.18. The molecular formula is C20H26N2O. The smallest absolute Gasteiger partial charge is 0.123 e. The minimum Gasteiger partial charge on any atom is -0.496 e. The van der Waals surface area contributed by atoms with E-state index in [9.17, 15) is 0 Å². The highest BCUT2D eigenvalue weighted by Gasteiger charge is 2.14. The lowest BCUT2D eigenvalue weighted by Gasteiger charge is -2.23. The molecule has 1 aliphatic rings. The van der Waals surface area contributed by atoms with Gasteiger partial charge in [-0.3, -0.25) is 0 Å². The summed E-state index contributed by atoms with van der Waals surface area (Å²) in [5.74, 6) is 1.75. The first-order valence-corrected chi connectivity index (χ1v) is 8.51. The van der Waals surface area contributed by atoms with Gasteiger partial charge in [0.2, 0.25) is 0 Å². The summed E-state index contributed by atoms with van der Waals surface area (Å²) in [7, 11) is 1.75. The van der Waals surface area contributed by atoms with Gasteiger partial charge in [0, 0.05) is 12.1 Å². The van der Waals surface area contributed by atoms with Crippen LogP contribution in [0.1, 0.15) is 18.4 Å². The number of hydrogen-bond donors (Lipinski definition) is 2. The molecule has 3 heteroatoms. The molecule has 0 bridgehead atoms. The average molecular weight is 310 g/mol. The second kappa shape index (κ2) is 8.14. The third kappa shape index (κ3) is 4.12. The molecule has 0 amide bonds. The summed E-state index contributed by atoms with van der Waals surface area (Å²) in [6, 6.07) is 16.8. The molecular weight excluding hydrogens is 284 g/mol. The van der Waals surface area contributed by atoms with E-state index in [0.717, 1.165) is 37.8 Å². The largest absolute Gasteiger partial charge is 0.496 e. The minimum absolute atomic E-state index is 0.783. The van der Waals surface area contributed by atoms with Gasteiger partial charge in [0.15, 0.2) is 0 Å². The minimum atomic E-state index is 0.783. The Morgan fingerprint density at radius 3 is 2.57 bits per heavy atom. The molecule has 1 aliphatic heterocycles. The van der Waals surface area contributed by atoms with Crippen LogP contribution in [-0.4, -0.2) is 26.7 Å². The Morgan fingerprint density at radius 1 is 1.04 bits per heavy atom. The maximum absolute atomic E-state index is 5.60. The van der Waals surface area contributed by atoms with E-state index >= 15 is 0 Å². The Labute approximate surface area is 139 Å². The molecule has 3 nitrogen and oxygen atoms in total. The lowest BCUT2D eigenvalue weighted by atomic mass is 9.97. The van der Waals surface area contributed by atoms with Gasteiger partial charge in [0.25, 0.3) is 0 Å². The van der Waals surface area contributed by atoms with E-state index in [1.165, 1.54) is 29.5 Å². The SMILES string of the molecule is COc1cccc(-c2ccccc2)c1CNCC1CCNCC1. The Bertz CT molecular complexity index is 606. The fourth-order valence-corrected chi connectivity index (χ4v) is 3.31. The maximum atomic E-state index is 5.60. The van der Waals surface area contributed by atoms with Crippen molar-refractivity contribution in [3.63, 3.8) is 0 Å². The van der Waals surface area contributed by atoms with Crippen molar-refractivity contribution in [2.75, 3.05) is 26.7 Å². The molecule has 1 saturated heterocycles. The summed E-state index contributed by atoms with van der Waals surface area (Å²) in [4.78, 5) is 0. The normalized spacial score (nSPS) is 15.5. The predicted molar refractivity (Wildman–Crippen MR) is 95.7 cm³/mol. The predicted octanol–water partition coefficient (Wildman–Crippen LogP) is 3.45. The summed E-state index contributed by atoms with van der Waals surface area (Å²) in [6.45, 7) is 4.22. The van der Waals surface area contributed by atoms with Gasteiger partial charge in [-0.25, -0.2) is 0 Å². The van der Waals surface area contributed by atoms with Crippen molar-refractivity contribution in [1.82, 2.24) is 10.6 Å². The molecule has 1 heterocycles. The van der Waals surface area contributed by atoms with E-state index < -0.39 is 0 Å². The van der Waals surface area contributed by atoms with Crippen molar-refractivity contribution in [3.8, 4) is 16.9 Å². The molecule has 2 aromatic carbocycles. The Balaban J connectivity index is 1.74. The molecule has 2 aromatic rings. The number of rotatable bonds is 6. The van der Waals surface area contributed by atoms with E-state index in [1.54, 1.807) is 7.11 Å². The molecule has 0 atom stereocenters. The zero-order valence-corrected chi connectivity index (χ0v) is 13.8. The third-order valence-corrected chi connectivity index (χ3v) is 4.63. The molecule has 23 heavy (non-hydrogen) atoms. The first-order valence-electron chi connectivity index (χ1n) is 8.51. The van der Waals surface area contributed by atoms with Crippen LogP contribution in [0.4, 0.5) is 0 Å². The molecule has 0 spiro atoms. The van der Waals surface area contributed by atoms with Crippen LogP contribution in [0.25, 0.3) is 11.1 Å². The van der Waals surface area contributed by atoms with Crippen LogP contribution in [0.2, 0.25) is 0 Å². The van der Waals surface area contributed by atoms with Crippen molar-refractivity contribution < 1.29 is 4.74 Å². The fraction of sp³-hybridized carbons (Fsp3) is 0.400. The van der Waals surface area contributed by atoms with Gasteiger partial charge in [-0.15, -0.1) is 0 Å². The van der Waals surface area contributed by atoms with Gasteiger partial charge in [-0.2, -0.15) is 0 Å². The fourth-order valence-electron chi connectivity index (χ4n) is 3.31. The first-order chi connectivity index (χ1) is 11.4. The van der Waals surface area contributed by atoms with Gasteiger partial charge in [-0.1, -0.05) is 42.5 Å². The zero-order valence-electron chi connectivity index (χ0n) is 13.8. The number of methoxy groups -OCH3 is 1. The zero-order chi connectivity index (χ0) is 15.9. The molecule has 0 radical (unpaired) electrons. The van der Waals surface area contributed by atoms with Crippen LogP contribution in [0.5, 0.6) is 5.75 Å². The molecule has 0 saturated carbocycles. The molecule has 3 rings (SSSR count). The molecule has 2 N–H and O–H groups in total. The Hall–Kier alpha value is -1.84. The lowest BCUT2D eigenvalue weighted by molar-refractivity contribution is 0.354. The number of benzene rings is 2. The number of piperidine rings is 1. The van der Waals surface area contributed by atoms with Crippen molar-refractivity contribution in [3.05, 3.63) is 54.1 Å². The van der Waals surface area contributed by atoms with E-state index in [2.05, 4.69) is 53.1 Å². The van der Waals surface area contributed by atoms with Gasteiger partial charge < -0.3 is 15.4 Å². The number of ether oxygens (including phenoxy) is 1. The highest BCUT2D eigenvalue weighted by molar-refractivity contribution is 5.70. The van der Waals surface area contributed by atoms with Gasteiger partial charge in [0.05, 0.1) is 7.11 Å². The van der Waals surface area contributed by atoms with Crippen molar-refractivity contribution >= 4 is 0 Å². The second-order valence-electron chi connectivity index (χ2n) is 6.18. The number of nitrogens with one attached hydrogen (secondary N) is 2. The van der Waals surface area contributed by atoms with E-state index in [1.807, 2.05) is 6.07 Å². The molecule has 122 valence electrons. The highest BCUT2D eigenvalue weighted by atomic mass is 16.5. The first kappa shape index (κ1) is 16.0. The molecule has 0 aromatic heterocycles. The van der Waals surface area contributed by atoms with Gasteiger partial charge in [0.1, 0.15) is 5.75 Å². The van der Waals surface area contributed by atoms with Gasteiger partial charge >= 0.3 is 0 Å². The molecule has 0 unspecified atom stereocenters. The maximum Gasteiger partial charge on any atom is 0.123 e. The lowest BCUT2D eigenvalue weighted by Crippen LogP contribution is -2.33. The summed E-state index contributed by atoms with van der Waals surface area (Å²) in [6.07, 6.45) is 2.54. The summed E-state index contributed by atoms with van der Waals surface area (Å²) in [5.41, 5.74) is 3.74. The monoisotopic (exact) mass is 310 g/mol. The topological polar surface area (TPSA) is 33.3 Å². The standard InChI is InChI=1S/C20H26N2O/c1-23-20-9-5-8-18(17-6-3-2-4-7-17)19(20)15-22-14-16-10-12-21-13-11-16/h2-9,16,21-22H,10-15H2,1H3. The molecule has 1 fully saturated rings. The van der Waals surface area contributed by atoms with Crippen LogP contribution in [0, 0.1) is 5.92 Å². The van der Waals surface area contributed by atoms with E-state index in [4.69, 9.17) is 4.74 Å². The Morgan fingerprint density at radius 2 is 1.83 bits per heavy atom. The summed E-state index contributed by atoms with van der Waals surface area (Å²) in [5, 5.41) is 7.07.